The summed E-state index contributed by atoms with van der Waals surface area (Å²) in [6.45, 7) is 6.35. The molecule has 0 aliphatic carbocycles. The molecule has 0 saturated carbocycles. The van der Waals surface area contributed by atoms with Gasteiger partial charge in [0.1, 0.15) is 0 Å². The van der Waals surface area contributed by atoms with Crippen LogP contribution in [-0.2, 0) is 0 Å². The van der Waals surface area contributed by atoms with E-state index in [1.807, 2.05) is 6.07 Å². The second kappa shape index (κ2) is 8.52. The summed E-state index contributed by atoms with van der Waals surface area (Å²) < 4.78 is 6.92. The SMILES string of the molecule is CCCC[C@H](c1cc(OC)c(O)c(Br)c1Br)N1CCNCC1. The molecule has 0 amide bonds. The highest BCUT2D eigenvalue weighted by atomic mass is 79.9. The number of hydrogen-bond acceptors (Lipinski definition) is 4. The van der Waals surface area contributed by atoms with Crippen LogP contribution >= 0.6 is 31.9 Å². The highest BCUT2D eigenvalue weighted by Gasteiger charge is 2.26. The van der Waals surface area contributed by atoms with Gasteiger partial charge in [-0.2, -0.15) is 0 Å². The van der Waals surface area contributed by atoms with Crippen LogP contribution in [0.1, 0.15) is 37.8 Å². The van der Waals surface area contributed by atoms with Crippen molar-refractivity contribution in [3.8, 4) is 11.5 Å². The van der Waals surface area contributed by atoms with Gasteiger partial charge in [-0.05, 0) is 49.9 Å². The van der Waals surface area contributed by atoms with Gasteiger partial charge in [-0.15, -0.1) is 0 Å². The van der Waals surface area contributed by atoms with Gasteiger partial charge in [0.2, 0.25) is 0 Å². The van der Waals surface area contributed by atoms with Crippen molar-refractivity contribution in [1.29, 1.82) is 0 Å². The molecule has 0 radical (unpaired) electrons. The first kappa shape index (κ1) is 18.0. The zero-order chi connectivity index (χ0) is 16.1. The van der Waals surface area contributed by atoms with Gasteiger partial charge in [-0.1, -0.05) is 19.8 Å². The van der Waals surface area contributed by atoms with E-state index in [4.69, 9.17) is 4.74 Å². The predicted octanol–water partition coefficient (Wildman–Crippen LogP) is 4.06. The van der Waals surface area contributed by atoms with Crippen LogP contribution in [0.2, 0.25) is 0 Å². The van der Waals surface area contributed by atoms with E-state index in [0.717, 1.165) is 37.1 Å². The highest BCUT2D eigenvalue weighted by Crippen LogP contribution is 2.45. The van der Waals surface area contributed by atoms with Crippen LogP contribution in [0, 0.1) is 0 Å². The van der Waals surface area contributed by atoms with Gasteiger partial charge < -0.3 is 15.2 Å². The lowest BCUT2D eigenvalue weighted by Crippen LogP contribution is -2.45. The number of benzene rings is 1. The minimum atomic E-state index is 0.146. The van der Waals surface area contributed by atoms with E-state index in [-0.39, 0.29) is 5.75 Å². The Morgan fingerprint density at radius 2 is 2.00 bits per heavy atom. The van der Waals surface area contributed by atoms with E-state index >= 15 is 0 Å². The van der Waals surface area contributed by atoms with E-state index in [9.17, 15) is 5.11 Å². The molecule has 1 aromatic rings. The summed E-state index contributed by atoms with van der Waals surface area (Å²) in [6.07, 6.45) is 3.47. The fourth-order valence-electron chi connectivity index (χ4n) is 2.94. The maximum absolute atomic E-state index is 10.1. The lowest BCUT2D eigenvalue weighted by atomic mass is 9.98. The molecular formula is C16H24Br2N2O2. The molecule has 1 fully saturated rings. The van der Waals surface area contributed by atoms with Crippen molar-refractivity contribution in [2.24, 2.45) is 0 Å². The maximum atomic E-state index is 10.1. The smallest absolute Gasteiger partial charge is 0.173 e. The molecule has 6 heteroatoms. The van der Waals surface area contributed by atoms with Crippen LogP contribution in [0.4, 0.5) is 0 Å². The van der Waals surface area contributed by atoms with Crippen LogP contribution in [0.15, 0.2) is 15.0 Å². The number of ether oxygens (including phenoxy) is 1. The monoisotopic (exact) mass is 434 g/mol. The third-order valence-electron chi connectivity index (χ3n) is 4.18. The molecule has 0 unspecified atom stereocenters. The molecule has 4 nitrogen and oxygen atoms in total. The van der Waals surface area contributed by atoms with E-state index in [1.165, 1.54) is 18.4 Å². The number of nitrogens with one attached hydrogen (secondary N) is 1. The number of nitrogens with zero attached hydrogens (tertiary/aromatic N) is 1. The van der Waals surface area contributed by atoms with Gasteiger partial charge >= 0.3 is 0 Å². The number of piperazine rings is 1. The number of phenolic OH excluding ortho intramolecular Hbond substituents is 1. The summed E-state index contributed by atoms with van der Waals surface area (Å²) in [4.78, 5) is 2.52. The Bertz CT molecular complexity index is 505. The van der Waals surface area contributed by atoms with Crippen LogP contribution < -0.4 is 10.1 Å². The number of halogens is 2. The van der Waals surface area contributed by atoms with Crippen LogP contribution in [0.5, 0.6) is 11.5 Å². The summed E-state index contributed by atoms with van der Waals surface area (Å²) in [5.41, 5.74) is 1.18. The molecular weight excluding hydrogens is 412 g/mol. The fraction of sp³-hybridized carbons (Fsp3) is 0.625. The molecule has 0 aromatic heterocycles. The predicted molar refractivity (Wildman–Crippen MR) is 96.8 cm³/mol. The van der Waals surface area contributed by atoms with Crippen molar-refractivity contribution >= 4 is 31.9 Å². The Kier molecular flexibility index (Phi) is 6.99. The molecule has 124 valence electrons. The normalized spacial score (nSPS) is 17.5. The fourth-order valence-corrected chi connectivity index (χ4v) is 3.93. The number of methoxy groups -OCH3 is 1. The summed E-state index contributed by atoms with van der Waals surface area (Å²) in [6, 6.07) is 2.30. The molecule has 2 rings (SSSR count). The van der Waals surface area contributed by atoms with Gasteiger partial charge in [-0.3, -0.25) is 4.90 Å². The second-order valence-electron chi connectivity index (χ2n) is 5.59. The quantitative estimate of drug-likeness (QED) is 0.707. The average Bonchev–Trinajstić information content (AvgIpc) is 2.55. The molecule has 1 aliphatic rings. The summed E-state index contributed by atoms with van der Waals surface area (Å²) >= 11 is 7.12. The first-order valence-electron chi connectivity index (χ1n) is 7.79. The standard InChI is InChI=1S/C16H24Br2N2O2/c1-3-4-5-12(20-8-6-19-7-9-20)11-10-13(22-2)16(21)15(18)14(11)17/h10,12,19,21H,3-9H2,1-2H3/t12-/m1/s1. The van der Waals surface area contributed by atoms with E-state index in [2.05, 4.69) is 49.0 Å². The Morgan fingerprint density at radius 1 is 1.32 bits per heavy atom. The maximum Gasteiger partial charge on any atom is 0.173 e. The molecule has 1 atom stereocenters. The van der Waals surface area contributed by atoms with Gasteiger partial charge in [0.25, 0.3) is 0 Å². The van der Waals surface area contributed by atoms with Gasteiger partial charge in [-0.25, -0.2) is 0 Å². The van der Waals surface area contributed by atoms with Crippen molar-refractivity contribution in [2.75, 3.05) is 33.3 Å². The number of phenols is 1. The molecule has 2 N–H and O–H groups in total. The largest absolute Gasteiger partial charge is 0.503 e. The number of aromatic hydroxyl groups is 1. The summed E-state index contributed by atoms with van der Waals surface area (Å²) in [5.74, 6) is 0.661. The highest BCUT2D eigenvalue weighted by molar-refractivity contribution is 9.13. The lowest BCUT2D eigenvalue weighted by Gasteiger charge is -2.36. The third kappa shape index (κ3) is 3.96. The topological polar surface area (TPSA) is 44.7 Å². The minimum absolute atomic E-state index is 0.146. The van der Waals surface area contributed by atoms with Crippen molar-refractivity contribution in [2.45, 2.75) is 32.2 Å². The average molecular weight is 436 g/mol. The van der Waals surface area contributed by atoms with Crippen molar-refractivity contribution in [3.05, 3.63) is 20.6 Å². The Labute approximate surface area is 149 Å². The minimum Gasteiger partial charge on any atom is -0.503 e. The summed E-state index contributed by atoms with van der Waals surface area (Å²) in [7, 11) is 1.59. The molecule has 1 heterocycles. The lowest BCUT2D eigenvalue weighted by molar-refractivity contribution is 0.162. The van der Waals surface area contributed by atoms with Gasteiger partial charge in [0.15, 0.2) is 11.5 Å². The zero-order valence-electron chi connectivity index (χ0n) is 13.2. The molecule has 0 bridgehead atoms. The number of rotatable bonds is 6. The van der Waals surface area contributed by atoms with Crippen LogP contribution in [0.25, 0.3) is 0 Å². The zero-order valence-corrected chi connectivity index (χ0v) is 16.3. The Morgan fingerprint density at radius 3 is 2.59 bits per heavy atom. The summed E-state index contributed by atoms with van der Waals surface area (Å²) in [5, 5.41) is 13.6. The first-order chi connectivity index (χ1) is 10.6. The van der Waals surface area contributed by atoms with E-state index in [0.29, 0.717) is 16.3 Å². The molecule has 22 heavy (non-hydrogen) atoms. The second-order valence-corrected chi connectivity index (χ2v) is 7.17. The first-order valence-corrected chi connectivity index (χ1v) is 9.38. The Balaban J connectivity index is 2.39. The van der Waals surface area contributed by atoms with E-state index < -0.39 is 0 Å². The van der Waals surface area contributed by atoms with Crippen LogP contribution in [0.3, 0.4) is 0 Å². The van der Waals surface area contributed by atoms with Gasteiger partial charge in [0.05, 0.1) is 11.6 Å². The molecule has 0 spiro atoms. The molecule has 1 saturated heterocycles. The van der Waals surface area contributed by atoms with Gasteiger partial charge in [0, 0.05) is 36.7 Å². The van der Waals surface area contributed by atoms with Crippen molar-refractivity contribution in [3.63, 3.8) is 0 Å². The third-order valence-corrected chi connectivity index (χ3v) is 6.33. The van der Waals surface area contributed by atoms with Crippen LogP contribution in [-0.4, -0.2) is 43.3 Å². The molecule has 1 aromatic carbocycles. The number of hydrogen-bond donors (Lipinski definition) is 2. The Hall–Kier alpha value is -0.300. The van der Waals surface area contributed by atoms with Crippen molar-refractivity contribution < 1.29 is 9.84 Å². The van der Waals surface area contributed by atoms with E-state index in [1.54, 1.807) is 7.11 Å². The molecule has 1 aliphatic heterocycles. The van der Waals surface area contributed by atoms with Crippen molar-refractivity contribution in [1.82, 2.24) is 10.2 Å². The number of unbranched alkanes of at least 4 members (excludes halogenated alkanes) is 1.